The Hall–Kier alpha value is -3.21. The number of oxime groups is 1. The molecule has 2 heterocycles. The van der Waals surface area contributed by atoms with Crippen molar-refractivity contribution in [3.63, 3.8) is 0 Å². The summed E-state index contributed by atoms with van der Waals surface area (Å²) in [5.41, 5.74) is 5.63. The number of amides is 2. The third-order valence-corrected chi connectivity index (χ3v) is 4.08. The number of anilines is 1. The van der Waals surface area contributed by atoms with Gasteiger partial charge in [0.2, 0.25) is 0 Å². The number of ether oxygens (including phenoxy) is 1. The number of aromatic nitrogens is 1. The van der Waals surface area contributed by atoms with Gasteiger partial charge in [0.15, 0.2) is 24.1 Å². The van der Waals surface area contributed by atoms with Gasteiger partial charge < -0.3 is 20.6 Å². The van der Waals surface area contributed by atoms with Gasteiger partial charge in [-0.05, 0) is 6.92 Å². The first-order valence-electron chi connectivity index (χ1n) is 7.74. The molecule has 0 saturated carbocycles. The van der Waals surface area contributed by atoms with Gasteiger partial charge in [-0.2, -0.15) is 5.06 Å². The van der Waals surface area contributed by atoms with Crippen molar-refractivity contribution in [2.45, 2.75) is 19.0 Å². The van der Waals surface area contributed by atoms with E-state index in [0.29, 0.717) is 0 Å². The van der Waals surface area contributed by atoms with Crippen molar-refractivity contribution in [2.75, 3.05) is 26.1 Å². The smallest absolute Gasteiger partial charge is 0.336 e. The lowest BCUT2D eigenvalue weighted by atomic mass is 10.00. The largest absolute Gasteiger partial charge is 0.451 e. The minimum Gasteiger partial charge on any atom is -0.451 e. The van der Waals surface area contributed by atoms with Crippen molar-refractivity contribution in [1.29, 1.82) is 0 Å². The van der Waals surface area contributed by atoms with Crippen LogP contribution in [0.2, 0.25) is 0 Å². The minimum atomic E-state index is -0.900. The van der Waals surface area contributed by atoms with E-state index in [0.717, 1.165) is 16.4 Å². The predicted molar refractivity (Wildman–Crippen MR) is 95.1 cm³/mol. The highest BCUT2D eigenvalue weighted by atomic mass is 32.1. The normalized spacial score (nSPS) is 18.8. The summed E-state index contributed by atoms with van der Waals surface area (Å²) in [5.74, 6) is 0.0831. The molecule has 1 aromatic heterocycles. The maximum atomic E-state index is 12.4. The Balaban J connectivity index is 1.87. The number of rotatable bonds is 9. The molecule has 1 aliphatic heterocycles. The van der Waals surface area contributed by atoms with E-state index in [2.05, 4.69) is 35.8 Å². The topological polar surface area (TPSA) is 155 Å². The maximum absolute atomic E-state index is 12.4. The number of hydrogen-bond acceptors (Lipinski definition) is 11. The molecule has 1 aromatic rings. The van der Waals surface area contributed by atoms with Crippen molar-refractivity contribution in [3.8, 4) is 12.3 Å². The van der Waals surface area contributed by atoms with Gasteiger partial charge in [-0.25, -0.2) is 14.7 Å². The molecule has 1 aliphatic rings. The van der Waals surface area contributed by atoms with Crippen molar-refractivity contribution in [3.05, 3.63) is 11.1 Å². The maximum Gasteiger partial charge on any atom is 0.336 e. The molecule has 0 radical (unpaired) electrons. The van der Waals surface area contributed by atoms with Crippen LogP contribution in [0.15, 0.2) is 10.5 Å². The fourth-order valence-electron chi connectivity index (χ4n) is 2.08. The Morgan fingerprint density at radius 3 is 2.86 bits per heavy atom. The van der Waals surface area contributed by atoms with Crippen LogP contribution >= 0.6 is 11.3 Å². The molecule has 2 amide bonds. The number of thiazole rings is 1. The number of hydrogen-bond donors (Lipinski definition) is 2. The molecule has 2 atom stereocenters. The summed E-state index contributed by atoms with van der Waals surface area (Å²) in [5, 5.41) is 8.76. The molecule has 0 spiro atoms. The number of nitrogens with two attached hydrogens (primary N) is 1. The lowest BCUT2D eigenvalue weighted by Crippen LogP contribution is -2.69. The minimum absolute atomic E-state index is 0.137. The summed E-state index contributed by atoms with van der Waals surface area (Å²) in [6.07, 6.45) is 4.94. The average Bonchev–Trinajstić information content (AvgIpc) is 3.11. The first kappa shape index (κ1) is 21.1. The van der Waals surface area contributed by atoms with Crippen LogP contribution in [0.1, 0.15) is 12.6 Å². The molecule has 3 N–H and O–H groups in total. The quantitative estimate of drug-likeness (QED) is 0.128. The summed E-state index contributed by atoms with van der Waals surface area (Å²) in [7, 11) is 1.27. The molecule has 0 bridgehead atoms. The number of nitrogen functional groups attached to an aromatic ring is 1. The molecule has 0 aliphatic carbocycles. The van der Waals surface area contributed by atoms with Gasteiger partial charge in [-0.1, -0.05) is 11.1 Å². The Bertz CT molecular complexity index is 818. The lowest BCUT2D eigenvalue weighted by molar-refractivity contribution is -0.429. The van der Waals surface area contributed by atoms with Crippen LogP contribution in [0.5, 0.6) is 0 Å². The monoisotopic (exact) mass is 411 g/mol. The van der Waals surface area contributed by atoms with E-state index >= 15 is 0 Å². The zero-order valence-corrected chi connectivity index (χ0v) is 15.7. The van der Waals surface area contributed by atoms with E-state index in [1.807, 2.05) is 0 Å². The number of carbonyl (C=O) groups is 3. The van der Waals surface area contributed by atoms with Crippen molar-refractivity contribution in [2.24, 2.45) is 5.16 Å². The van der Waals surface area contributed by atoms with Crippen LogP contribution in [0.3, 0.4) is 0 Å². The van der Waals surface area contributed by atoms with E-state index in [4.69, 9.17) is 17.1 Å². The van der Waals surface area contributed by atoms with Gasteiger partial charge in [0.05, 0.1) is 6.04 Å². The second kappa shape index (κ2) is 9.65. The van der Waals surface area contributed by atoms with Crippen molar-refractivity contribution in [1.82, 2.24) is 15.4 Å². The standard InChI is InChI=1S/C15H17N5O7S/c1-4-5-25-10(21)6-26-27-20-8(2)11(14(20)23)18-13(22)12(19-24-3)9-7-28-15(16)17-9/h1,7-8,11H,5-6H2,2-3H3,(H2,16,17)(H,18,22)/t8-,11-/m0/s1. The highest BCUT2D eigenvalue weighted by molar-refractivity contribution is 7.13. The number of nitrogens with one attached hydrogen (secondary N) is 1. The average molecular weight is 411 g/mol. The van der Waals surface area contributed by atoms with Gasteiger partial charge in [0.25, 0.3) is 11.8 Å². The number of nitrogens with zero attached hydrogens (tertiary/aromatic N) is 3. The van der Waals surface area contributed by atoms with Gasteiger partial charge in [-0.3, -0.25) is 9.59 Å². The molecule has 0 aromatic carbocycles. The number of terminal acetylenes is 1. The van der Waals surface area contributed by atoms with Crippen molar-refractivity contribution < 1.29 is 33.8 Å². The number of carbonyl (C=O) groups excluding carboxylic acids is 3. The fourth-order valence-corrected chi connectivity index (χ4v) is 2.63. The highest BCUT2D eigenvalue weighted by Crippen LogP contribution is 2.21. The second-order valence-corrected chi connectivity index (χ2v) is 6.14. The van der Waals surface area contributed by atoms with Gasteiger partial charge in [0, 0.05) is 5.38 Å². The summed E-state index contributed by atoms with van der Waals surface area (Å²) in [6, 6.07) is -1.48. The van der Waals surface area contributed by atoms with E-state index in [9.17, 15) is 14.4 Å². The zero-order chi connectivity index (χ0) is 20.7. The molecule has 13 heteroatoms. The molecule has 1 saturated heterocycles. The molecule has 1 fully saturated rings. The van der Waals surface area contributed by atoms with Crippen LogP contribution in [-0.4, -0.2) is 65.9 Å². The summed E-state index contributed by atoms with van der Waals surface area (Å²) in [6.45, 7) is 0.830. The van der Waals surface area contributed by atoms with Gasteiger partial charge >= 0.3 is 5.97 Å². The number of hydroxylamine groups is 2. The molecule has 12 nitrogen and oxygen atoms in total. The Morgan fingerprint density at radius 2 is 2.29 bits per heavy atom. The number of esters is 1. The third-order valence-electron chi connectivity index (χ3n) is 3.41. The number of β-lactam (4-membered cyclic amide) rings is 1. The first-order valence-corrected chi connectivity index (χ1v) is 8.62. The fraction of sp³-hybridized carbons (Fsp3) is 0.400. The second-order valence-electron chi connectivity index (χ2n) is 5.25. The van der Waals surface area contributed by atoms with E-state index < -0.39 is 36.5 Å². The summed E-state index contributed by atoms with van der Waals surface area (Å²) >= 11 is 1.12. The van der Waals surface area contributed by atoms with Crippen LogP contribution in [0.4, 0.5) is 5.13 Å². The molecular weight excluding hydrogens is 394 g/mol. The summed E-state index contributed by atoms with van der Waals surface area (Å²) < 4.78 is 4.57. The van der Waals surface area contributed by atoms with Gasteiger partial charge in [0.1, 0.15) is 18.8 Å². The summed E-state index contributed by atoms with van der Waals surface area (Å²) in [4.78, 5) is 53.8. The SMILES string of the molecule is C#CCOC(=O)COON1C(=O)[C@@H](NC(=O)C(=NOC)c2csc(N)n2)[C@@H]1C. The third kappa shape index (κ3) is 4.94. The zero-order valence-electron chi connectivity index (χ0n) is 14.9. The first-order chi connectivity index (χ1) is 13.4. The Kier molecular flexibility index (Phi) is 7.27. The van der Waals surface area contributed by atoms with Crippen LogP contribution < -0.4 is 11.1 Å². The highest BCUT2D eigenvalue weighted by Gasteiger charge is 2.48. The van der Waals surface area contributed by atoms with Gasteiger partial charge in [-0.15, -0.1) is 22.7 Å². The van der Waals surface area contributed by atoms with Crippen LogP contribution in [0, 0.1) is 12.3 Å². The lowest BCUT2D eigenvalue weighted by Gasteiger charge is -2.42. The van der Waals surface area contributed by atoms with Crippen LogP contribution in [-0.2, 0) is 33.8 Å². The van der Waals surface area contributed by atoms with E-state index in [1.165, 1.54) is 12.5 Å². The molecule has 2 rings (SSSR count). The van der Waals surface area contributed by atoms with Crippen molar-refractivity contribution >= 4 is 40.0 Å². The van der Waals surface area contributed by atoms with E-state index in [1.54, 1.807) is 6.92 Å². The van der Waals surface area contributed by atoms with E-state index in [-0.39, 0.29) is 23.1 Å². The molecule has 28 heavy (non-hydrogen) atoms. The molecule has 0 unspecified atom stereocenters. The van der Waals surface area contributed by atoms with Crippen LogP contribution in [0.25, 0.3) is 0 Å². The molecular formula is C15H17N5O7S. The Labute approximate surface area is 163 Å². The predicted octanol–water partition coefficient (Wildman–Crippen LogP) is -1.17. The Morgan fingerprint density at radius 1 is 1.54 bits per heavy atom. The molecule has 150 valence electrons.